The smallest absolute Gasteiger partial charge is 0.245 e. The van der Waals surface area contributed by atoms with Gasteiger partial charge in [0.05, 0.1) is 7.11 Å². The van der Waals surface area contributed by atoms with Gasteiger partial charge in [-0.1, -0.05) is 26.0 Å². The number of benzene rings is 1. The van der Waals surface area contributed by atoms with E-state index in [0.717, 1.165) is 5.56 Å². The third-order valence-electron chi connectivity index (χ3n) is 8.50. The molecule has 3 atom stereocenters. The number of hydrogen-bond acceptors (Lipinski definition) is 7. The van der Waals surface area contributed by atoms with Gasteiger partial charge in [0, 0.05) is 58.7 Å². The summed E-state index contributed by atoms with van der Waals surface area (Å²) in [5, 5.41) is 8.64. The summed E-state index contributed by atoms with van der Waals surface area (Å²) in [4.78, 5) is 70.1. The summed E-state index contributed by atoms with van der Waals surface area (Å²) < 4.78 is 10.7. The number of carbonyl (C=O) groups excluding carboxylic acids is 5. The minimum Gasteiger partial charge on any atom is -0.497 e. The Labute approximate surface area is 266 Å². The molecule has 2 aliphatic heterocycles. The van der Waals surface area contributed by atoms with Crippen molar-refractivity contribution in [3.8, 4) is 5.75 Å². The van der Waals surface area contributed by atoms with E-state index in [1.807, 2.05) is 26.0 Å². The molecule has 0 aromatic heterocycles. The van der Waals surface area contributed by atoms with Gasteiger partial charge in [0.25, 0.3) is 0 Å². The molecule has 1 aromatic rings. The van der Waals surface area contributed by atoms with E-state index >= 15 is 0 Å². The highest BCUT2D eigenvalue weighted by atomic mass is 16.5. The average molecular weight is 630 g/mol. The van der Waals surface area contributed by atoms with Crippen molar-refractivity contribution in [2.45, 2.75) is 83.8 Å². The first-order chi connectivity index (χ1) is 21.5. The number of likely N-dealkylation sites (N-methyl/N-ethyl adjacent to an activating group) is 1. The van der Waals surface area contributed by atoms with Gasteiger partial charge in [0.1, 0.15) is 23.9 Å². The molecule has 0 radical (unpaired) electrons. The zero-order chi connectivity index (χ0) is 32.9. The van der Waals surface area contributed by atoms with Gasteiger partial charge in [0.15, 0.2) is 0 Å². The molecule has 12 heteroatoms. The van der Waals surface area contributed by atoms with Crippen LogP contribution in [0.5, 0.6) is 5.75 Å². The van der Waals surface area contributed by atoms with Crippen LogP contribution in [0.25, 0.3) is 0 Å². The lowest BCUT2D eigenvalue weighted by Gasteiger charge is -2.31. The summed E-state index contributed by atoms with van der Waals surface area (Å²) in [5.41, 5.74) is 0.798. The van der Waals surface area contributed by atoms with E-state index in [9.17, 15) is 24.0 Å². The van der Waals surface area contributed by atoms with Crippen molar-refractivity contribution in [2.24, 2.45) is 11.8 Å². The van der Waals surface area contributed by atoms with E-state index in [1.54, 1.807) is 38.1 Å². The fraction of sp³-hybridized carbons (Fsp3) is 0.667. The van der Waals surface area contributed by atoms with Crippen LogP contribution in [0.3, 0.4) is 0 Å². The van der Waals surface area contributed by atoms with Gasteiger partial charge >= 0.3 is 0 Å². The summed E-state index contributed by atoms with van der Waals surface area (Å²) in [6, 6.07) is 4.57. The SMILES string of the molecule is COc1ccc(C[C@@H]2NC(=O)[C@@H](CC(C)C)NC(=O)CCCN(C(=O)C3CCOCC3)CCCNC(=O)[C@H](C)N(C)C2=O)cc1. The lowest BCUT2D eigenvalue weighted by molar-refractivity contribution is -0.142. The lowest BCUT2D eigenvalue weighted by atomic mass is 9.98. The van der Waals surface area contributed by atoms with Crippen LogP contribution in [0.4, 0.5) is 0 Å². The second-order valence-electron chi connectivity index (χ2n) is 12.4. The van der Waals surface area contributed by atoms with Crippen molar-refractivity contribution in [1.29, 1.82) is 0 Å². The molecule has 2 heterocycles. The first-order valence-corrected chi connectivity index (χ1v) is 16.1. The predicted molar refractivity (Wildman–Crippen MR) is 169 cm³/mol. The Morgan fingerprint density at radius 1 is 0.978 bits per heavy atom. The Morgan fingerprint density at radius 2 is 1.64 bits per heavy atom. The summed E-state index contributed by atoms with van der Waals surface area (Å²) in [6.07, 6.45) is 3.00. The highest BCUT2D eigenvalue weighted by Crippen LogP contribution is 2.19. The van der Waals surface area contributed by atoms with Crippen molar-refractivity contribution in [1.82, 2.24) is 25.8 Å². The Bertz CT molecular complexity index is 1150. The number of rotatable bonds is 6. The van der Waals surface area contributed by atoms with Crippen LogP contribution < -0.4 is 20.7 Å². The summed E-state index contributed by atoms with van der Waals surface area (Å²) in [5.74, 6) is -0.828. The third kappa shape index (κ3) is 11.0. The van der Waals surface area contributed by atoms with E-state index in [1.165, 1.54) is 4.90 Å². The maximum Gasteiger partial charge on any atom is 0.245 e. The average Bonchev–Trinajstić information content (AvgIpc) is 3.03. The van der Waals surface area contributed by atoms with Crippen LogP contribution in [0.2, 0.25) is 0 Å². The molecule has 2 fully saturated rings. The van der Waals surface area contributed by atoms with Gasteiger partial charge in [0.2, 0.25) is 29.5 Å². The van der Waals surface area contributed by atoms with Gasteiger partial charge < -0.3 is 35.2 Å². The van der Waals surface area contributed by atoms with Crippen molar-refractivity contribution >= 4 is 29.5 Å². The summed E-state index contributed by atoms with van der Waals surface area (Å²) in [6.45, 7) is 7.81. The molecule has 5 amide bonds. The molecule has 2 saturated heterocycles. The monoisotopic (exact) mass is 629 g/mol. The maximum absolute atomic E-state index is 13.8. The van der Waals surface area contributed by atoms with Crippen LogP contribution in [0, 0.1) is 11.8 Å². The molecule has 0 unspecified atom stereocenters. The number of methoxy groups -OCH3 is 1. The Kier molecular flexibility index (Phi) is 14.1. The van der Waals surface area contributed by atoms with Crippen LogP contribution in [-0.2, 0) is 35.1 Å². The molecule has 1 aromatic carbocycles. The zero-order valence-electron chi connectivity index (χ0n) is 27.4. The molecule has 12 nitrogen and oxygen atoms in total. The van der Waals surface area contributed by atoms with Crippen molar-refractivity contribution in [2.75, 3.05) is 47.0 Å². The predicted octanol–water partition coefficient (Wildman–Crippen LogP) is 1.66. The molecule has 0 bridgehead atoms. The number of carbonyl (C=O) groups is 5. The Morgan fingerprint density at radius 3 is 2.29 bits per heavy atom. The maximum atomic E-state index is 13.8. The molecule has 45 heavy (non-hydrogen) atoms. The second kappa shape index (κ2) is 17.7. The molecule has 0 spiro atoms. The minimum atomic E-state index is -0.971. The zero-order valence-corrected chi connectivity index (χ0v) is 27.4. The molecule has 3 rings (SSSR count). The van der Waals surface area contributed by atoms with Crippen LogP contribution in [-0.4, -0.2) is 104 Å². The number of amides is 5. The van der Waals surface area contributed by atoms with Gasteiger partial charge in [-0.15, -0.1) is 0 Å². The fourth-order valence-electron chi connectivity index (χ4n) is 5.65. The van der Waals surface area contributed by atoms with Crippen LogP contribution >= 0.6 is 0 Å². The quantitative estimate of drug-likeness (QED) is 0.434. The van der Waals surface area contributed by atoms with E-state index in [0.29, 0.717) is 70.7 Å². The Balaban J connectivity index is 1.83. The van der Waals surface area contributed by atoms with Gasteiger partial charge in [-0.25, -0.2) is 0 Å². The summed E-state index contributed by atoms with van der Waals surface area (Å²) in [7, 11) is 3.11. The summed E-state index contributed by atoms with van der Waals surface area (Å²) >= 11 is 0. The molecule has 0 saturated carbocycles. The highest BCUT2D eigenvalue weighted by molar-refractivity contribution is 5.94. The molecular weight excluding hydrogens is 578 g/mol. The standard InChI is InChI=1S/C33H51N5O7/c1-22(2)20-27-31(41)36-28(21-24-9-11-26(44-5)12-10-24)33(43)37(4)23(3)30(40)34-15-7-17-38(16-6-8-29(39)35-27)32(42)25-13-18-45-19-14-25/h9-12,22-23,25,27-28H,6-8,13-21H2,1-5H3,(H,34,40)(H,35,39)(H,36,41)/t23-,27+,28-/m0/s1. The van der Waals surface area contributed by atoms with Crippen molar-refractivity contribution < 1.29 is 33.4 Å². The fourth-order valence-corrected chi connectivity index (χ4v) is 5.65. The second-order valence-corrected chi connectivity index (χ2v) is 12.4. The normalized spacial score (nSPS) is 23.9. The largest absolute Gasteiger partial charge is 0.497 e. The van der Waals surface area contributed by atoms with Crippen LogP contribution in [0.1, 0.15) is 64.9 Å². The first kappa shape index (κ1) is 35.8. The minimum absolute atomic E-state index is 0.0399. The molecule has 250 valence electrons. The van der Waals surface area contributed by atoms with Crippen molar-refractivity contribution in [3.63, 3.8) is 0 Å². The van der Waals surface area contributed by atoms with E-state index in [-0.39, 0.29) is 42.4 Å². The number of nitrogens with zero attached hydrogens (tertiary/aromatic N) is 2. The topological polar surface area (TPSA) is 146 Å². The van der Waals surface area contributed by atoms with Gasteiger partial charge in [-0.2, -0.15) is 0 Å². The number of hydrogen-bond donors (Lipinski definition) is 3. The van der Waals surface area contributed by atoms with E-state index in [4.69, 9.17) is 9.47 Å². The molecule has 2 aliphatic rings. The number of nitrogens with one attached hydrogen (secondary N) is 3. The first-order valence-electron chi connectivity index (χ1n) is 16.1. The van der Waals surface area contributed by atoms with Gasteiger partial charge in [-0.05, 0) is 62.6 Å². The molecule has 3 N–H and O–H groups in total. The van der Waals surface area contributed by atoms with E-state index in [2.05, 4.69) is 16.0 Å². The van der Waals surface area contributed by atoms with Gasteiger partial charge in [-0.3, -0.25) is 24.0 Å². The molecule has 0 aliphatic carbocycles. The highest BCUT2D eigenvalue weighted by Gasteiger charge is 2.33. The van der Waals surface area contributed by atoms with Crippen LogP contribution in [0.15, 0.2) is 24.3 Å². The third-order valence-corrected chi connectivity index (χ3v) is 8.50. The molecular formula is C33H51N5O7. The van der Waals surface area contributed by atoms with E-state index < -0.39 is 29.9 Å². The number of ether oxygens (including phenoxy) is 2. The lowest BCUT2D eigenvalue weighted by Crippen LogP contribution is -2.57. The van der Waals surface area contributed by atoms with Crippen molar-refractivity contribution in [3.05, 3.63) is 29.8 Å². The Hall–Kier alpha value is -3.67.